The third-order valence-electron chi connectivity index (χ3n) is 4.83. The molecule has 140 valence electrons. The lowest BCUT2D eigenvalue weighted by molar-refractivity contribution is 0.309. The van der Waals surface area contributed by atoms with Crippen LogP contribution in [0.3, 0.4) is 0 Å². The van der Waals surface area contributed by atoms with Crippen LogP contribution in [0.2, 0.25) is 5.15 Å². The maximum atomic E-state index is 6.35. The highest BCUT2D eigenvalue weighted by Crippen LogP contribution is 2.34. The van der Waals surface area contributed by atoms with Gasteiger partial charge in [0.15, 0.2) is 10.9 Å². The Balaban J connectivity index is 1.67. The monoisotopic (exact) mass is 387 g/mol. The molecule has 4 rings (SSSR count). The molecular weight excluding hydrogens is 366 g/mol. The molecule has 3 aromatic carbocycles. The third kappa shape index (κ3) is 4.02. The topological polar surface area (TPSA) is 22.1 Å². The van der Waals surface area contributed by atoms with Gasteiger partial charge < -0.3 is 4.74 Å². The van der Waals surface area contributed by atoms with Crippen LogP contribution in [0.4, 0.5) is 0 Å². The summed E-state index contributed by atoms with van der Waals surface area (Å²) >= 11 is 6.35. The number of nitrogens with zero attached hydrogens (tertiary/aromatic N) is 1. The van der Waals surface area contributed by atoms with Crippen molar-refractivity contribution in [3.05, 3.63) is 95.3 Å². The van der Waals surface area contributed by atoms with Crippen LogP contribution < -0.4 is 4.74 Å². The molecule has 0 saturated heterocycles. The SMILES string of the molecule is CCCc1cccc(-c2ccc3c(OCc4ccccc4)c(Cl)ncc3c2)c1. The van der Waals surface area contributed by atoms with E-state index in [0.717, 1.165) is 29.2 Å². The molecule has 0 unspecified atom stereocenters. The van der Waals surface area contributed by atoms with Crippen LogP contribution >= 0.6 is 11.6 Å². The predicted octanol–water partition coefficient (Wildman–Crippen LogP) is 7.09. The molecule has 0 fully saturated rings. The predicted molar refractivity (Wildman–Crippen MR) is 117 cm³/mol. The molecule has 0 aliphatic carbocycles. The van der Waals surface area contributed by atoms with Crippen LogP contribution in [0.1, 0.15) is 24.5 Å². The van der Waals surface area contributed by atoms with E-state index in [1.165, 1.54) is 16.7 Å². The lowest BCUT2D eigenvalue weighted by atomic mass is 9.99. The van der Waals surface area contributed by atoms with Gasteiger partial charge >= 0.3 is 0 Å². The summed E-state index contributed by atoms with van der Waals surface area (Å²) in [6.45, 7) is 2.66. The van der Waals surface area contributed by atoms with Crippen molar-refractivity contribution in [2.24, 2.45) is 0 Å². The van der Waals surface area contributed by atoms with Gasteiger partial charge in [-0.05, 0) is 40.8 Å². The van der Waals surface area contributed by atoms with Crippen molar-refractivity contribution in [1.82, 2.24) is 4.98 Å². The van der Waals surface area contributed by atoms with E-state index in [1.807, 2.05) is 36.5 Å². The van der Waals surface area contributed by atoms with Crippen molar-refractivity contribution in [1.29, 1.82) is 0 Å². The van der Waals surface area contributed by atoms with Gasteiger partial charge in [-0.15, -0.1) is 0 Å². The molecule has 0 spiro atoms. The van der Waals surface area contributed by atoms with E-state index in [9.17, 15) is 0 Å². The van der Waals surface area contributed by atoms with Crippen LogP contribution in [0.15, 0.2) is 79.0 Å². The molecule has 0 radical (unpaired) electrons. The molecule has 1 aromatic heterocycles. The largest absolute Gasteiger partial charge is 0.485 e. The normalized spacial score (nSPS) is 10.9. The summed E-state index contributed by atoms with van der Waals surface area (Å²) in [5.41, 5.74) is 4.85. The highest BCUT2D eigenvalue weighted by molar-refractivity contribution is 6.32. The van der Waals surface area contributed by atoms with Gasteiger partial charge in [-0.3, -0.25) is 0 Å². The smallest absolute Gasteiger partial charge is 0.171 e. The van der Waals surface area contributed by atoms with Crippen LogP contribution in [0.5, 0.6) is 5.75 Å². The summed E-state index contributed by atoms with van der Waals surface area (Å²) in [5, 5.41) is 2.39. The molecule has 0 aliphatic heterocycles. The van der Waals surface area contributed by atoms with Crippen molar-refractivity contribution in [2.75, 3.05) is 0 Å². The Bertz CT molecular complexity index is 1090. The molecule has 2 nitrogen and oxygen atoms in total. The number of aromatic nitrogens is 1. The second kappa shape index (κ2) is 8.45. The number of aryl methyl sites for hydroxylation is 1. The third-order valence-corrected chi connectivity index (χ3v) is 5.09. The van der Waals surface area contributed by atoms with Crippen LogP contribution in [0.25, 0.3) is 21.9 Å². The van der Waals surface area contributed by atoms with Gasteiger partial charge in [0.25, 0.3) is 0 Å². The Morgan fingerprint density at radius 3 is 2.46 bits per heavy atom. The Morgan fingerprint density at radius 1 is 0.857 bits per heavy atom. The first-order valence-corrected chi connectivity index (χ1v) is 9.96. The molecule has 0 N–H and O–H groups in total. The average molecular weight is 388 g/mol. The number of pyridine rings is 1. The minimum absolute atomic E-state index is 0.390. The quantitative estimate of drug-likeness (QED) is 0.329. The number of benzene rings is 3. The van der Waals surface area contributed by atoms with Crippen molar-refractivity contribution in [3.63, 3.8) is 0 Å². The maximum absolute atomic E-state index is 6.35. The van der Waals surface area contributed by atoms with E-state index in [4.69, 9.17) is 16.3 Å². The Labute approximate surface area is 170 Å². The number of ether oxygens (including phenoxy) is 1. The molecule has 1 heterocycles. The maximum Gasteiger partial charge on any atom is 0.171 e. The van der Waals surface area contributed by atoms with Gasteiger partial charge in [0, 0.05) is 17.0 Å². The van der Waals surface area contributed by atoms with E-state index in [-0.39, 0.29) is 0 Å². The lowest BCUT2D eigenvalue weighted by Gasteiger charge is -2.12. The molecule has 3 heteroatoms. The van der Waals surface area contributed by atoms with E-state index in [1.54, 1.807) is 0 Å². The zero-order valence-electron chi connectivity index (χ0n) is 15.9. The van der Waals surface area contributed by atoms with Gasteiger partial charge in [0.05, 0.1) is 0 Å². The van der Waals surface area contributed by atoms with Gasteiger partial charge in [0.2, 0.25) is 0 Å². The molecule has 0 saturated carbocycles. The first-order valence-electron chi connectivity index (χ1n) is 9.59. The second-order valence-corrected chi connectivity index (χ2v) is 7.26. The summed E-state index contributed by atoms with van der Waals surface area (Å²) < 4.78 is 6.04. The van der Waals surface area contributed by atoms with Crippen LogP contribution in [-0.2, 0) is 13.0 Å². The molecule has 28 heavy (non-hydrogen) atoms. The summed E-state index contributed by atoms with van der Waals surface area (Å²) in [6.07, 6.45) is 4.05. The fraction of sp³-hybridized carbons (Fsp3) is 0.160. The van der Waals surface area contributed by atoms with Crippen molar-refractivity contribution >= 4 is 22.4 Å². The van der Waals surface area contributed by atoms with Crippen molar-refractivity contribution in [2.45, 2.75) is 26.4 Å². The number of rotatable bonds is 6. The fourth-order valence-electron chi connectivity index (χ4n) is 3.41. The summed E-state index contributed by atoms with van der Waals surface area (Å²) in [7, 11) is 0. The minimum Gasteiger partial charge on any atom is -0.485 e. The molecule has 4 aromatic rings. The fourth-order valence-corrected chi connectivity index (χ4v) is 3.62. The number of hydrogen-bond donors (Lipinski definition) is 0. The second-order valence-electron chi connectivity index (χ2n) is 6.90. The van der Waals surface area contributed by atoms with Gasteiger partial charge in [-0.2, -0.15) is 0 Å². The number of halogens is 1. The molecular formula is C25H22ClNO. The average Bonchev–Trinajstić information content (AvgIpc) is 2.74. The van der Waals surface area contributed by atoms with Crippen molar-refractivity contribution < 1.29 is 4.74 Å². The van der Waals surface area contributed by atoms with E-state index < -0.39 is 0 Å². The first-order chi connectivity index (χ1) is 13.7. The van der Waals surface area contributed by atoms with Gasteiger partial charge in [-0.25, -0.2) is 4.98 Å². The highest BCUT2D eigenvalue weighted by Gasteiger charge is 2.11. The van der Waals surface area contributed by atoms with Gasteiger partial charge in [0.1, 0.15) is 6.61 Å². The van der Waals surface area contributed by atoms with Crippen molar-refractivity contribution in [3.8, 4) is 16.9 Å². The van der Waals surface area contributed by atoms with Gasteiger partial charge in [-0.1, -0.05) is 85.6 Å². The molecule has 0 aliphatic rings. The Kier molecular flexibility index (Phi) is 5.59. The lowest BCUT2D eigenvalue weighted by Crippen LogP contribution is -1.97. The van der Waals surface area contributed by atoms with E-state index in [0.29, 0.717) is 17.5 Å². The number of hydrogen-bond acceptors (Lipinski definition) is 2. The Hall–Kier alpha value is -2.84. The van der Waals surface area contributed by atoms with E-state index >= 15 is 0 Å². The molecule has 0 atom stereocenters. The summed E-state index contributed by atoms with van der Waals surface area (Å²) in [6, 6.07) is 25.1. The molecule has 0 bridgehead atoms. The van der Waals surface area contributed by atoms with Crippen LogP contribution in [-0.4, -0.2) is 4.98 Å². The molecule has 0 amide bonds. The van der Waals surface area contributed by atoms with E-state index in [2.05, 4.69) is 54.4 Å². The summed E-state index contributed by atoms with van der Waals surface area (Å²) in [5.74, 6) is 0.634. The summed E-state index contributed by atoms with van der Waals surface area (Å²) in [4.78, 5) is 4.34. The van der Waals surface area contributed by atoms with Crippen LogP contribution in [0, 0.1) is 0 Å². The Morgan fingerprint density at radius 2 is 1.64 bits per heavy atom. The standard InChI is InChI=1S/C25H22ClNO/c1-2-7-18-10-6-11-20(14-18)21-12-13-23-22(15-21)16-27-25(26)24(23)28-17-19-8-4-3-5-9-19/h3-6,8-16H,2,7,17H2,1H3. The first kappa shape index (κ1) is 18.5. The zero-order valence-corrected chi connectivity index (χ0v) is 16.6. The minimum atomic E-state index is 0.390. The highest BCUT2D eigenvalue weighted by atomic mass is 35.5. The number of fused-ring (bicyclic) bond motifs is 1. The zero-order chi connectivity index (χ0) is 19.3.